The Kier molecular flexibility index (Phi) is 3.36. The van der Waals surface area contributed by atoms with Gasteiger partial charge < -0.3 is 5.11 Å². The Balaban J connectivity index is 2.15. The van der Waals surface area contributed by atoms with Crippen LogP contribution in [-0.2, 0) is 11.3 Å². The number of hydrogen-bond acceptors (Lipinski definition) is 4. The summed E-state index contributed by atoms with van der Waals surface area (Å²) in [5, 5.41) is 22.8. The molecule has 2 N–H and O–H groups in total. The van der Waals surface area contributed by atoms with Crippen LogP contribution in [0.5, 0.6) is 0 Å². The van der Waals surface area contributed by atoms with Gasteiger partial charge in [-0.25, -0.2) is 0 Å². The Hall–Kier alpha value is -1.47. The van der Waals surface area contributed by atoms with Crippen molar-refractivity contribution >= 4 is 27.6 Å². The largest absolute Gasteiger partial charge is 0.480 e. The average Bonchev–Trinajstić information content (AvgIpc) is 3.08. The zero-order valence-corrected chi connectivity index (χ0v) is 10.9. The lowest BCUT2D eigenvalue weighted by atomic mass is 10.1. The van der Waals surface area contributed by atoms with E-state index in [1.807, 2.05) is 0 Å². The lowest BCUT2D eigenvalue weighted by molar-refractivity contribution is -0.385. The molecule has 1 aliphatic rings. The summed E-state index contributed by atoms with van der Waals surface area (Å²) in [5.74, 6) is -0.901. The summed E-state index contributed by atoms with van der Waals surface area (Å²) in [7, 11) is 0. The molecule has 0 aromatic heterocycles. The highest BCUT2D eigenvalue weighted by Gasteiger charge is 2.50. The highest BCUT2D eigenvalue weighted by Crippen LogP contribution is 2.36. The van der Waals surface area contributed by atoms with Crippen molar-refractivity contribution in [1.29, 1.82) is 0 Å². The van der Waals surface area contributed by atoms with E-state index in [1.165, 1.54) is 6.07 Å². The van der Waals surface area contributed by atoms with Crippen LogP contribution < -0.4 is 5.32 Å². The number of nitrogens with one attached hydrogen (secondary N) is 1. The fourth-order valence-corrected chi connectivity index (χ4v) is 2.06. The van der Waals surface area contributed by atoms with E-state index in [1.54, 1.807) is 12.1 Å². The fraction of sp³-hybridized carbons (Fsp3) is 0.364. The van der Waals surface area contributed by atoms with E-state index in [-0.39, 0.29) is 12.2 Å². The summed E-state index contributed by atoms with van der Waals surface area (Å²) in [4.78, 5) is 21.4. The number of nitro groups is 1. The number of nitrogens with zero attached hydrogens (tertiary/aromatic N) is 1. The van der Waals surface area contributed by atoms with Crippen molar-refractivity contribution in [3.8, 4) is 0 Å². The maximum absolute atomic E-state index is 11.0. The third-order valence-corrected chi connectivity index (χ3v) is 3.51. The highest BCUT2D eigenvalue weighted by molar-refractivity contribution is 9.10. The molecule has 0 aliphatic heterocycles. The molecule has 18 heavy (non-hydrogen) atoms. The van der Waals surface area contributed by atoms with E-state index in [0.717, 1.165) is 0 Å². The molecule has 0 saturated heterocycles. The first-order valence-corrected chi connectivity index (χ1v) is 6.15. The molecule has 0 atom stereocenters. The van der Waals surface area contributed by atoms with E-state index in [9.17, 15) is 14.9 Å². The molecule has 0 heterocycles. The first-order chi connectivity index (χ1) is 8.44. The fourth-order valence-electron chi connectivity index (χ4n) is 1.71. The quantitative estimate of drug-likeness (QED) is 0.641. The Morgan fingerprint density at radius 3 is 2.72 bits per heavy atom. The Morgan fingerprint density at radius 1 is 1.56 bits per heavy atom. The summed E-state index contributed by atoms with van der Waals surface area (Å²) in [6, 6.07) is 4.73. The molecule has 0 radical (unpaired) electrons. The third-order valence-electron chi connectivity index (χ3n) is 3.02. The lowest BCUT2D eigenvalue weighted by Gasteiger charge is -2.12. The zero-order chi connectivity index (χ0) is 13.3. The number of hydrogen-bond donors (Lipinski definition) is 2. The van der Waals surface area contributed by atoms with E-state index < -0.39 is 16.4 Å². The highest BCUT2D eigenvalue weighted by atomic mass is 79.9. The van der Waals surface area contributed by atoms with Crippen LogP contribution in [0.15, 0.2) is 22.7 Å². The summed E-state index contributed by atoms with van der Waals surface area (Å²) in [6.07, 6.45) is 1.12. The van der Waals surface area contributed by atoms with Gasteiger partial charge in [0, 0.05) is 22.6 Å². The molecule has 0 bridgehead atoms. The van der Waals surface area contributed by atoms with Crippen LogP contribution in [0, 0.1) is 10.1 Å². The summed E-state index contributed by atoms with van der Waals surface area (Å²) >= 11 is 3.17. The van der Waals surface area contributed by atoms with Gasteiger partial charge in [0.2, 0.25) is 0 Å². The van der Waals surface area contributed by atoms with Crippen LogP contribution >= 0.6 is 15.9 Å². The minimum Gasteiger partial charge on any atom is -0.480 e. The molecular weight excluding hydrogens is 304 g/mol. The minimum atomic E-state index is -0.901. The van der Waals surface area contributed by atoms with Gasteiger partial charge in [-0.3, -0.25) is 20.2 Å². The summed E-state index contributed by atoms with van der Waals surface area (Å²) in [6.45, 7) is 0.176. The first kappa shape index (κ1) is 13.0. The number of rotatable bonds is 5. The van der Waals surface area contributed by atoms with Crippen LogP contribution in [0.2, 0.25) is 0 Å². The second-order valence-corrected chi connectivity index (χ2v) is 5.19. The van der Waals surface area contributed by atoms with Crippen LogP contribution in [0.3, 0.4) is 0 Å². The van der Waals surface area contributed by atoms with Gasteiger partial charge in [0.25, 0.3) is 5.69 Å². The van der Waals surface area contributed by atoms with Gasteiger partial charge in [-0.2, -0.15) is 0 Å². The molecular formula is C11H11BrN2O4. The molecule has 1 aromatic rings. The third kappa shape index (κ3) is 2.51. The number of carboxylic acid groups (broad SMARTS) is 1. The van der Waals surface area contributed by atoms with Crippen molar-refractivity contribution in [3.63, 3.8) is 0 Å². The van der Waals surface area contributed by atoms with E-state index >= 15 is 0 Å². The Bertz CT molecular complexity index is 514. The van der Waals surface area contributed by atoms with Crippen molar-refractivity contribution in [1.82, 2.24) is 5.32 Å². The van der Waals surface area contributed by atoms with Gasteiger partial charge in [-0.15, -0.1) is 0 Å². The zero-order valence-electron chi connectivity index (χ0n) is 9.35. The number of carboxylic acids is 1. The topological polar surface area (TPSA) is 92.5 Å². The summed E-state index contributed by atoms with van der Waals surface area (Å²) < 4.78 is 0.623. The van der Waals surface area contributed by atoms with E-state index in [0.29, 0.717) is 22.9 Å². The van der Waals surface area contributed by atoms with Gasteiger partial charge in [0.05, 0.1) is 4.92 Å². The molecule has 0 unspecified atom stereocenters. The average molecular weight is 315 g/mol. The number of carbonyl (C=O) groups is 1. The van der Waals surface area contributed by atoms with Gasteiger partial charge in [0.1, 0.15) is 5.54 Å². The standard InChI is InChI=1S/C11H11BrN2O4/c12-8-2-1-7(9(5-8)14(17)18)6-13-11(3-4-11)10(15)16/h1-2,5,13H,3-4,6H2,(H,15,16). The van der Waals surface area contributed by atoms with Crippen LogP contribution in [0.25, 0.3) is 0 Å². The van der Waals surface area contributed by atoms with Crippen molar-refractivity contribution in [2.24, 2.45) is 0 Å². The number of benzene rings is 1. The monoisotopic (exact) mass is 314 g/mol. The van der Waals surface area contributed by atoms with Crippen LogP contribution in [0.4, 0.5) is 5.69 Å². The second kappa shape index (κ2) is 4.66. The number of nitro benzene ring substituents is 1. The van der Waals surface area contributed by atoms with Gasteiger partial charge in [0.15, 0.2) is 0 Å². The molecule has 0 amide bonds. The van der Waals surface area contributed by atoms with Crippen molar-refractivity contribution in [3.05, 3.63) is 38.3 Å². The predicted octanol–water partition coefficient (Wildman–Crippen LogP) is 2.06. The second-order valence-electron chi connectivity index (χ2n) is 4.27. The molecule has 6 nitrogen and oxygen atoms in total. The molecule has 0 spiro atoms. The maximum Gasteiger partial charge on any atom is 0.323 e. The lowest BCUT2D eigenvalue weighted by Crippen LogP contribution is -2.38. The molecule has 2 rings (SSSR count). The van der Waals surface area contributed by atoms with E-state index in [2.05, 4.69) is 21.2 Å². The molecule has 1 saturated carbocycles. The van der Waals surface area contributed by atoms with Crippen molar-refractivity contribution in [2.75, 3.05) is 0 Å². The normalized spacial score (nSPS) is 16.3. The van der Waals surface area contributed by atoms with Crippen molar-refractivity contribution < 1.29 is 14.8 Å². The first-order valence-electron chi connectivity index (χ1n) is 5.36. The van der Waals surface area contributed by atoms with Crippen LogP contribution in [-0.4, -0.2) is 21.5 Å². The number of halogens is 1. The number of aliphatic carboxylic acids is 1. The Labute approximate surface area is 111 Å². The maximum atomic E-state index is 11.0. The molecule has 1 fully saturated rings. The molecule has 7 heteroatoms. The Morgan fingerprint density at radius 2 is 2.22 bits per heavy atom. The molecule has 1 aromatic carbocycles. The SMILES string of the molecule is O=C(O)C1(NCc2ccc(Br)cc2[N+](=O)[O-])CC1. The van der Waals surface area contributed by atoms with Gasteiger partial charge in [-0.1, -0.05) is 15.9 Å². The van der Waals surface area contributed by atoms with Crippen molar-refractivity contribution in [2.45, 2.75) is 24.9 Å². The van der Waals surface area contributed by atoms with Gasteiger partial charge >= 0.3 is 5.97 Å². The summed E-state index contributed by atoms with van der Waals surface area (Å²) in [5.41, 5.74) is -0.421. The van der Waals surface area contributed by atoms with Gasteiger partial charge in [-0.05, 0) is 25.0 Å². The minimum absolute atomic E-state index is 0.0157. The van der Waals surface area contributed by atoms with Crippen LogP contribution in [0.1, 0.15) is 18.4 Å². The van der Waals surface area contributed by atoms with E-state index in [4.69, 9.17) is 5.11 Å². The predicted molar refractivity (Wildman–Crippen MR) is 67.2 cm³/mol. The smallest absolute Gasteiger partial charge is 0.323 e. The molecule has 96 valence electrons. The molecule has 1 aliphatic carbocycles.